The zero-order valence-electron chi connectivity index (χ0n) is 17.8. The van der Waals surface area contributed by atoms with E-state index < -0.39 is 23.8 Å². The van der Waals surface area contributed by atoms with Crippen LogP contribution in [0, 0.1) is 5.92 Å². The van der Waals surface area contributed by atoms with Gasteiger partial charge in [0.1, 0.15) is 11.5 Å². The van der Waals surface area contributed by atoms with E-state index in [-0.39, 0.29) is 13.1 Å². The molecule has 3 rings (SSSR count). The number of barbiturate groups is 1. The van der Waals surface area contributed by atoms with Crippen LogP contribution in [0.25, 0.3) is 0 Å². The molecule has 0 spiro atoms. The van der Waals surface area contributed by atoms with Crippen molar-refractivity contribution < 1.29 is 23.9 Å². The summed E-state index contributed by atoms with van der Waals surface area (Å²) in [7, 11) is 3.12. The van der Waals surface area contributed by atoms with Gasteiger partial charge in [0.05, 0.1) is 27.3 Å². The standard InChI is InChI=1S/C23H25N3O5/c1-4-19(24-13-16-10-17(30-2)12-18(11-16)31-3)20-21(27)25-23(29)26(22(20)28)14-15-8-6-5-7-9-15/h5-12,20H,4,13-14H2,1-3H3,(H,25,27,29). The monoisotopic (exact) mass is 423 g/mol. The maximum atomic E-state index is 13.1. The van der Waals surface area contributed by atoms with Crippen molar-refractivity contribution >= 4 is 23.6 Å². The van der Waals surface area contributed by atoms with Gasteiger partial charge in [-0.1, -0.05) is 37.3 Å². The van der Waals surface area contributed by atoms with Gasteiger partial charge < -0.3 is 9.47 Å². The van der Waals surface area contributed by atoms with Crippen LogP contribution >= 0.6 is 0 Å². The molecule has 8 heteroatoms. The molecular weight excluding hydrogens is 398 g/mol. The molecule has 4 amide bonds. The molecule has 1 saturated heterocycles. The Bertz CT molecular complexity index is 981. The Balaban J connectivity index is 1.84. The van der Waals surface area contributed by atoms with Crippen LogP contribution in [0.2, 0.25) is 0 Å². The summed E-state index contributed by atoms with van der Waals surface area (Å²) in [5.74, 6) is -1.12. The Labute approximate surface area is 180 Å². The Hall–Kier alpha value is -3.68. The van der Waals surface area contributed by atoms with E-state index in [1.165, 1.54) is 0 Å². The van der Waals surface area contributed by atoms with Crippen molar-refractivity contribution in [1.29, 1.82) is 0 Å². The fraction of sp³-hybridized carbons (Fsp3) is 0.304. The average Bonchev–Trinajstić information content (AvgIpc) is 2.79. The molecule has 1 unspecified atom stereocenters. The number of carbonyl (C=O) groups excluding carboxylic acids is 3. The van der Waals surface area contributed by atoms with E-state index in [1.807, 2.05) is 49.4 Å². The first-order valence-electron chi connectivity index (χ1n) is 9.92. The van der Waals surface area contributed by atoms with E-state index in [1.54, 1.807) is 20.3 Å². The lowest BCUT2D eigenvalue weighted by molar-refractivity contribution is -0.139. The van der Waals surface area contributed by atoms with Crippen molar-refractivity contribution in [3.63, 3.8) is 0 Å². The number of imide groups is 2. The number of aliphatic imine (C=N–C) groups is 1. The molecule has 1 heterocycles. The topological polar surface area (TPSA) is 97.3 Å². The van der Waals surface area contributed by atoms with E-state index >= 15 is 0 Å². The van der Waals surface area contributed by atoms with Crippen LogP contribution in [0.4, 0.5) is 4.79 Å². The summed E-state index contributed by atoms with van der Waals surface area (Å²) in [5, 5.41) is 2.29. The van der Waals surface area contributed by atoms with Gasteiger partial charge in [-0.15, -0.1) is 0 Å². The van der Waals surface area contributed by atoms with Crippen molar-refractivity contribution in [2.24, 2.45) is 10.9 Å². The summed E-state index contributed by atoms with van der Waals surface area (Å²) in [4.78, 5) is 43.5. The van der Waals surface area contributed by atoms with Crippen LogP contribution in [-0.2, 0) is 22.7 Å². The summed E-state index contributed by atoms with van der Waals surface area (Å²) >= 11 is 0. The molecule has 1 aliphatic rings. The molecule has 0 bridgehead atoms. The number of hydrogen-bond donors (Lipinski definition) is 1. The van der Waals surface area contributed by atoms with E-state index in [2.05, 4.69) is 10.3 Å². The number of hydrogen-bond acceptors (Lipinski definition) is 6. The smallest absolute Gasteiger partial charge is 0.331 e. The summed E-state index contributed by atoms with van der Waals surface area (Å²) < 4.78 is 10.5. The van der Waals surface area contributed by atoms with E-state index in [0.29, 0.717) is 23.6 Å². The van der Waals surface area contributed by atoms with Gasteiger partial charge >= 0.3 is 6.03 Å². The number of ether oxygens (including phenoxy) is 2. The van der Waals surface area contributed by atoms with Crippen molar-refractivity contribution in [3.8, 4) is 11.5 Å². The number of urea groups is 1. The van der Waals surface area contributed by atoms with Crippen molar-refractivity contribution in [2.75, 3.05) is 14.2 Å². The van der Waals surface area contributed by atoms with Gasteiger partial charge in [0.25, 0.3) is 0 Å². The van der Waals surface area contributed by atoms with E-state index in [4.69, 9.17) is 9.47 Å². The predicted octanol–water partition coefficient (Wildman–Crippen LogP) is 2.95. The SMILES string of the molecule is CCC(=NCc1cc(OC)cc(OC)c1)C1C(=O)NC(=O)N(Cc2ccccc2)C1=O. The number of benzene rings is 2. The van der Waals surface area contributed by atoms with Crippen LogP contribution in [0.5, 0.6) is 11.5 Å². The van der Waals surface area contributed by atoms with Crippen LogP contribution in [0.3, 0.4) is 0 Å². The van der Waals surface area contributed by atoms with Crippen LogP contribution in [0.15, 0.2) is 53.5 Å². The lowest BCUT2D eigenvalue weighted by atomic mass is 9.96. The number of methoxy groups -OCH3 is 2. The molecular formula is C23H25N3O5. The van der Waals surface area contributed by atoms with Gasteiger partial charge in [0.2, 0.25) is 11.8 Å². The molecule has 8 nitrogen and oxygen atoms in total. The van der Waals surface area contributed by atoms with Gasteiger partial charge in [-0.2, -0.15) is 0 Å². The zero-order valence-corrected chi connectivity index (χ0v) is 17.8. The Morgan fingerprint density at radius 2 is 1.65 bits per heavy atom. The molecule has 1 aliphatic heterocycles. The number of rotatable bonds is 8. The van der Waals surface area contributed by atoms with Gasteiger partial charge in [-0.3, -0.25) is 24.8 Å². The highest BCUT2D eigenvalue weighted by Crippen LogP contribution is 2.24. The number of nitrogens with zero attached hydrogens (tertiary/aromatic N) is 2. The average molecular weight is 423 g/mol. The number of carbonyl (C=O) groups is 3. The van der Waals surface area contributed by atoms with Crippen LogP contribution in [-0.4, -0.2) is 42.7 Å². The second-order valence-corrected chi connectivity index (χ2v) is 7.02. The molecule has 1 N–H and O–H groups in total. The second-order valence-electron chi connectivity index (χ2n) is 7.02. The largest absolute Gasteiger partial charge is 0.497 e. The molecule has 1 atom stereocenters. The maximum Gasteiger partial charge on any atom is 0.331 e. The summed E-state index contributed by atoms with van der Waals surface area (Å²) in [6.07, 6.45) is 0.387. The minimum absolute atomic E-state index is 0.0827. The molecule has 0 radical (unpaired) electrons. The predicted molar refractivity (Wildman–Crippen MR) is 115 cm³/mol. The second kappa shape index (κ2) is 9.88. The molecule has 2 aromatic rings. The number of nitrogens with one attached hydrogen (secondary N) is 1. The van der Waals surface area contributed by atoms with Gasteiger partial charge in [-0.05, 0) is 29.7 Å². The lowest BCUT2D eigenvalue weighted by Gasteiger charge is -2.30. The first-order chi connectivity index (χ1) is 15.0. The molecule has 0 aromatic heterocycles. The summed E-state index contributed by atoms with van der Waals surface area (Å²) in [6.45, 7) is 2.14. The minimum atomic E-state index is -1.14. The molecule has 162 valence electrons. The summed E-state index contributed by atoms with van der Waals surface area (Å²) in [5.41, 5.74) is 2.01. The highest BCUT2D eigenvalue weighted by molar-refractivity contribution is 6.27. The Morgan fingerprint density at radius 1 is 1.00 bits per heavy atom. The lowest BCUT2D eigenvalue weighted by Crippen LogP contribution is -2.59. The van der Waals surface area contributed by atoms with Crippen LogP contribution < -0.4 is 14.8 Å². The fourth-order valence-corrected chi connectivity index (χ4v) is 3.38. The highest BCUT2D eigenvalue weighted by Gasteiger charge is 2.42. The molecule has 31 heavy (non-hydrogen) atoms. The van der Waals surface area contributed by atoms with Crippen molar-refractivity contribution in [2.45, 2.75) is 26.4 Å². The normalized spacial score (nSPS) is 16.9. The van der Waals surface area contributed by atoms with Crippen LogP contribution in [0.1, 0.15) is 24.5 Å². The Kier molecular flexibility index (Phi) is 7.02. The first kappa shape index (κ1) is 22.0. The molecule has 0 aliphatic carbocycles. The van der Waals surface area contributed by atoms with Crippen molar-refractivity contribution in [3.05, 3.63) is 59.7 Å². The quantitative estimate of drug-likeness (QED) is 0.520. The van der Waals surface area contributed by atoms with Gasteiger partial charge in [-0.25, -0.2) is 4.79 Å². The zero-order chi connectivity index (χ0) is 22.4. The minimum Gasteiger partial charge on any atom is -0.497 e. The third-order valence-corrected chi connectivity index (χ3v) is 5.01. The Morgan fingerprint density at radius 3 is 2.23 bits per heavy atom. The first-order valence-corrected chi connectivity index (χ1v) is 9.92. The van der Waals surface area contributed by atoms with Crippen molar-refractivity contribution in [1.82, 2.24) is 10.2 Å². The fourth-order valence-electron chi connectivity index (χ4n) is 3.38. The third kappa shape index (κ3) is 5.09. The van der Waals surface area contributed by atoms with E-state index in [0.717, 1.165) is 16.0 Å². The molecule has 0 saturated carbocycles. The number of amides is 4. The van der Waals surface area contributed by atoms with Gasteiger partial charge in [0.15, 0.2) is 5.92 Å². The highest BCUT2D eigenvalue weighted by atomic mass is 16.5. The van der Waals surface area contributed by atoms with Gasteiger partial charge in [0, 0.05) is 11.8 Å². The summed E-state index contributed by atoms with van der Waals surface area (Å²) in [6, 6.07) is 13.8. The molecule has 1 fully saturated rings. The third-order valence-electron chi connectivity index (χ3n) is 5.01. The maximum absolute atomic E-state index is 13.1. The van der Waals surface area contributed by atoms with E-state index in [9.17, 15) is 14.4 Å². The molecule has 2 aromatic carbocycles.